The molecule has 3 aromatic rings. The number of aryl methyl sites for hydroxylation is 1. The van der Waals surface area contributed by atoms with Crippen LogP contribution in [-0.2, 0) is 16.6 Å². The van der Waals surface area contributed by atoms with Crippen molar-refractivity contribution in [1.29, 1.82) is 0 Å². The molecule has 1 amide bonds. The van der Waals surface area contributed by atoms with Crippen LogP contribution in [0.1, 0.15) is 41.9 Å². The minimum absolute atomic E-state index is 0.126. The first kappa shape index (κ1) is 28.7. The molecule has 39 heavy (non-hydrogen) atoms. The zero-order valence-corrected chi connectivity index (χ0v) is 21.1. The second-order valence-electron chi connectivity index (χ2n) is 9.26. The Hall–Kier alpha value is -3.30. The van der Waals surface area contributed by atoms with E-state index < -0.39 is 41.7 Å². The second kappa shape index (κ2) is 10.7. The molecule has 1 fully saturated rings. The number of benzene rings is 1. The molecule has 1 aliphatic carbocycles. The van der Waals surface area contributed by atoms with E-state index in [1.165, 1.54) is 11.3 Å². The number of carbonyl (C=O) groups excluding carboxylic acids is 1. The van der Waals surface area contributed by atoms with Crippen molar-refractivity contribution in [3.63, 3.8) is 0 Å². The highest BCUT2D eigenvalue weighted by Crippen LogP contribution is 2.41. The van der Waals surface area contributed by atoms with Crippen LogP contribution in [0.2, 0.25) is 0 Å². The van der Waals surface area contributed by atoms with Crippen LogP contribution in [-0.4, -0.2) is 49.4 Å². The van der Waals surface area contributed by atoms with Crippen LogP contribution >= 0.6 is 11.3 Å². The lowest BCUT2D eigenvalue weighted by molar-refractivity contribution is -0.205. The van der Waals surface area contributed by atoms with E-state index in [2.05, 4.69) is 25.6 Å². The van der Waals surface area contributed by atoms with Crippen LogP contribution in [0.5, 0.6) is 0 Å². The van der Waals surface area contributed by atoms with Gasteiger partial charge in [-0.15, -0.1) is 11.3 Å². The second-order valence-corrected chi connectivity index (χ2v) is 10.3. The summed E-state index contributed by atoms with van der Waals surface area (Å²) in [5.41, 5.74) is -0.537. The van der Waals surface area contributed by atoms with Gasteiger partial charge >= 0.3 is 12.4 Å². The number of thiazole rings is 1. The van der Waals surface area contributed by atoms with E-state index in [0.29, 0.717) is 21.1 Å². The molecule has 1 unspecified atom stereocenters. The van der Waals surface area contributed by atoms with Gasteiger partial charge in [0.2, 0.25) is 12.1 Å². The van der Waals surface area contributed by atoms with Gasteiger partial charge < -0.3 is 20.8 Å². The largest absolute Gasteiger partial charge is 0.433 e. The van der Waals surface area contributed by atoms with E-state index in [9.17, 15) is 36.2 Å². The van der Waals surface area contributed by atoms with E-state index in [-0.39, 0.29) is 31.6 Å². The molecule has 2 aromatic heterocycles. The predicted molar refractivity (Wildman–Crippen MR) is 129 cm³/mol. The summed E-state index contributed by atoms with van der Waals surface area (Å²) in [7, 11) is 0. The topological polar surface area (TPSA) is 120 Å². The van der Waals surface area contributed by atoms with Gasteiger partial charge in [0.25, 0.3) is 5.91 Å². The number of alkyl halides is 6. The van der Waals surface area contributed by atoms with Gasteiger partial charge in [-0.25, -0.2) is 15.0 Å². The first-order chi connectivity index (χ1) is 18.1. The third kappa shape index (κ3) is 6.83. The fourth-order valence-corrected chi connectivity index (χ4v) is 5.26. The molecule has 0 bridgehead atoms. The van der Waals surface area contributed by atoms with E-state index in [1.54, 1.807) is 25.3 Å². The van der Waals surface area contributed by atoms with Crippen LogP contribution in [0.15, 0.2) is 36.7 Å². The van der Waals surface area contributed by atoms with Crippen LogP contribution in [0, 0.1) is 6.92 Å². The molecular formula is C24H23F6N5O3S. The Morgan fingerprint density at radius 1 is 1.13 bits per heavy atom. The highest BCUT2D eigenvalue weighted by molar-refractivity contribution is 7.15. The lowest BCUT2D eigenvalue weighted by atomic mass is 9.82. The molecule has 2 heterocycles. The summed E-state index contributed by atoms with van der Waals surface area (Å²) in [5.74, 6) is -1.76. The lowest BCUT2D eigenvalue weighted by Crippen LogP contribution is -2.49. The SMILES string of the molecule is Cc1cc(Nc2nccc(C(F)(F)F)n2)cc(-c2cnc([C@]3(O)CC[C@H](NC(=O)C(O)C(F)(F)F)CC3)s2)c1. The monoisotopic (exact) mass is 575 g/mol. The number of aromatic nitrogens is 3. The van der Waals surface area contributed by atoms with Crippen LogP contribution < -0.4 is 10.6 Å². The van der Waals surface area contributed by atoms with Gasteiger partial charge in [-0.3, -0.25) is 4.79 Å². The van der Waals surface area contributed by atoms with Crippen LogP contribution in [0.4, 0.5) is 38.0 Å². The smallest absolute Gasteiger partial charge is 0.383 e. The molecule has 210 valence electrons. The summed E-state index contributed by atoms with van der Waals surface area (Å²) in [6.07, 6.45) is -9.65. The van der Waals surface area contributed by atoms with Crippen molar-refractivity contribution in [2.45, 2.75) is 62.7 Å². The van der Waals surface area contributed by atoms with Crippen molar-refractivity contribution in [2.75, 3.05) is 5.32 Å². The summed E-state index contributed by atoms with van der Waals surface area (Å²) in [4.78, 5) is 24.0. The van der Waals surface area contributed by atoms with E-state index in [4.69, 9.17) is 5.11 Å². The number of hydrogen-bond donors (Lipinski definition) is 4. The van der Waals surface area contributed by atoms with E-state index in [0.717, 1.165) is 17.8 Å². The number of nitrogens with zero attached hydrogens (tertiary/aromatic N) is 3. The van der Waals surface area contributed by atoms with Gasteiger partial charge in [-0.05, 0) is 61.9 Å². The summed E-state index contributed by atoms with van der Waals surface area (Å²) in [5, 5.41) is 25.6. The number of amides is 1. The van der Waals surface area contributed by atoms with Crippen molar-refractivity contribution in [2.24, 2.45) is 0 Å². The fourth-order valence-electron chi connectivity index (χ4n) is 4.21. The first-order valence-corrected chi connectivity index (χ1v) is 12.5. The van der Waals surface area contributed by atoms with Gasteiger partial charge in [0, 0.05) is 24.1 Å². The third-order valence-electron chi connectivity index (χ3n) is 6.19. The molecule has 0 saturated heterocycles. The normalized spacial score (nSPS) is 20.9. The number of halogens is 6. The first-order valence-electron chi connectivity index (χ1n) is 11.7. The van der Waals surface area contributed by atoms with Crippen molar-refractivity contribution < 1.29 is 41.4 Å². The van der Waals surface area contributed by atoms with Gasteiger partial charge in [0.05, 0.1) is 4.88 Å². The maximum absolute atomic E-state index is 13.0. The minimum Gasteiger partial charge on any atom is -0.383 e. The number of nitrogens with one attached hydrogen (secondary N) is 2. The molecule has 1 atom stereocenters. The van der Waals surface area contributed by atoms with E-state index in [1.807, 2.05) is 6.07 Å². The average molecular weight is 576 g/mol. The molecule has 0 spiro atoms. The Morgan fingerprint density at radius 3 is 2.46 bits per heavy atom. The highest BCUT2D eigenvalue weighted by Gasteiger charge is 2.45. The van der Waals surface area contributed by atoms with Crippen molar-refractivity contribution >= 4 is 28.9 Å². The van der Waals surface area contributed by atoms with Gasteiger partial charge in [0.1, 0.15) is 16.3 Å². The minimum atomic E-state index is -5.07. The maximum atomic E-state index is 13.0. The Morgan fingerprint density at radius 2 is 1.82 bits per heavy atom. The summed E-state index contributed by atoms with van der Waals surface area (Å²) >= 11 is 1.20. The van der Waals surface area contributed by atoms with E-state index >= 15 is 0 Å². The Bertz CT molecular complexity index is 1340. The summed E-state index contributed by atoms with van der Waals surface area (Å²) in [6.45, 7) is 1.79. The predicted octanol–water partition coefficient (Wildman–Crippen LogP) is 4.84. The molecule has 1 saturated carbocycles. The van der Waals surface area contributed by atoms with Gasteiger partial charge in [-0.2, -0.15) is 26.3 Å². The standard InChI is InChI=1S/C24H23F6N5O3S/c1-12-8-13(10-15(9-12)34-21-31-7-4-17(35-21)23(25,26)27)16-11-32-20(39-16)22(38)5-2-14(3-6-22)33-19(37)18(36)24(28,29)30/h4,7-11,14,18,36,38H,2-3,5-6H2,1H3,(H,33,37)(H,31,34,35)/t14-,18?,22-. The van der Waals surface area contributed by atoms with Gasteiger partial charge in [-0.1, -0.05) is 6.07 Å². The Labute approximate surface area is 222 Å². The molecular weight excluding hydrogens is 552 g/mol. The summed E-state index contributed by atoms with van der Waals surface area (Å²) in [6, 6.07) is 5.34. The number of carbonyl (C=O) groups is 1. The quantitative estimate of drug-likeness (QED) is 0.311. The zero-order valence-electron chi connectivity index (χ0n) is 20.3. The molecule has 0 aliphatic heterocycles. The molecule has 8 nitrogen and oxygen atoms in total. The number of anilines is 2. The molecule has 0 radical (unpaired) electrons. The number of aliphatic hydroxyl groups is 2. The molecule has 1 aliphatic rings. The average Bonchev–Trinajstić information content (AvgIpc) is 3.35. The zero-order chi connectivity index (χ0) is 28.6. The molecule has 1 aromatic carbocycles. The highest BCUT2D eigenvalue weighted by atomic mass is 32.1. The van der Waals surface area contributed by atoms with Crippen LogP contribution in [0.25, 0.3) is 10.4 Å². The number of hydrogen-bond acceptors (Lipinski definition) is 8. The Kier molecular flexibility index (Phi) is 7.87. The fraction of sp³-hybridized carbons (Fsp3) is 0.417. The van der Waals surface area contributed by atoms with Crippen LogP contribution in [0.3, 0.4) is 0 Å². The lowest BCUT2D eigenvalue weighted by Gasteiger charge is -2.35. The molecule has 4 N–H and O–H groups in total. The number of rotatable bonds is 6. The molecule has 15 heteroatoms. The maximum Gasteiger partial charge on any atom is 0.433 e. The number of aliphatic hydroxyl groups excluding tert-OH is 1. The Balaban J connectivity index is 1.45. The van der Waals surface area contributed by atoms with Crippen molar-refractivity contribution in [3.05, 3.63) is 52.9 Å². The third-order valence-corrected chi connectivity index (χ3v) is 7.43. The van der Waals surface area contributed by atoms with Gasteiger partial charge in [0.15, 0.2) is 0 Å². The molecule has 4 rings (SSSR count). The van der Waals surface area contributed by atoms with Crippen molar-refractivity contribution in [1.82, 2.24) is 20.3 Å². The summed E-state index contributed by atoms with van der Waals surface area (Å²) < 4.78 is 76.6. The van der Waals surface area contributed by atoms with Crippen molar-refractivity contribution in [3.8, 4) is 10.4 Å².